The van der Waals surface area contributed by atoms with Gasteiger partial charge in [0.05, 0.1) is 12.2 Å². The van der Waals surface area contributed by atoms with Crippen LogP contribution in [0.15, 0.2) is 12.4 Å². The van der Waals surface area contributed by atoms with Crippen LogP contribution in [-0.4, -0.2) is 57.3 Å². The first kappa shape index (κ1) is 15.0. The number of fused-ring (bicyclic) bond motifs is 1. The molecule has 2 fully saturated rings. The van der Waals surface area contributed by atoms with Gasteiger partial charge in [-0.1, -0.05) is 6.92 Å². The number of aromatic nitrogens is 2. The van der Waals surface area contributed by atoms with E-state index in [1.54, 1.807) is 0 Å². The summed E-state index contributed by atoms with van der Waals surface area (Å²) >= 11 is 0. The molecule has 2 aliphatic rings. The van der Waals surface area contributed by atoms with Gasteiger partial charge in [0.2, 0.25) is 0 Å². The van der Waals surface area contributed by atoms with Crippen LogP contribution in [0.25, 0.3) is 0 Å². The molecule has 4 unspecified atom stereocenters. The topological polar surface area (TPSA) is 50.3 Å². The van der Waals surface area contributed by atoms with Crippen molar-refractivity contribution in [3.8, 4) is 0 Å². The number of nitrogens with zero attached hydrogens (tertiary/aromatic N) is 4. The van der Waals surface area contributed by atoms with Crippen LogP contribution in [0.3, 0.4) is 0 Å². The van der Waals surface area contributed by atoms with Crippen molar-refractivity contribution in [2.75, 3.05) is 19.6 Å². The fraction of sp³-hybridized carbons (Fsp3) is 0.812. The predicted molar refractivity (Wildman–Crippen MR) is 85.0 cm³/mol. The van der Waals surface area contributed by atoms with Crippen molar-refractivity contribution < 1.29 is 0 Å². The smallest absolute Gasteiger partial charge is 0.0538 e. The Morgan fingerprint density at radius 2 is 2.24 bits per heavy atom. The van der Waals surface area contributed by atoms with E-state index in [-0.39, 0.29) is 6.04 Å². The van der Waals surface area contributed by atoms with Gasteiger partial charge in [-0.15, -0.1) is 0 Å². The summed E-state index contributed by atoms with van der Waals surface area (Å²) in [6, 6.07) is 1.75. The van der Waals surface area contributed by atoms with Crippen molar-refractivity contribution in [1.82, 2.24) is 19.6 Å². The zero-order valence-corrected chi connectivity index (χ0v) is 13.6. The second-order valence-electron chi connectivity index (χ2n) is 6.80. The number of nitrogens with two attached hydrogens (primary N) is 1. The maximum Gasteiger partial charge on any atom is 0.0538 e. The summed E-state index contributed by atoms with van der Waals surface area (Å²) in [6.07, 6.45) is 7.81. The van der Waals surface area contributed by atoms with Gasteiger partial charge in [0.25, 0.3) is 0 Å². The second-order valence-corrected chi connectivity index (χ2v) is 6.80. The van der Waals surface area contributed by atoms with Gasteiger partial charge in [-0.25, -0.2) is 0 Å². The fourth-order valence-electron chi connectivity index (χ4n) is 4.10. The Hall–Kier alpha value is -0.910. The Morgan fingerprint density at radius 3 is 2.90 bits per heavy atom. The van der Waals surface area contributed by atoms with E-state index < -0.39 is 0 Å². The highest BCUT2D eigenvalue weighted by Gasteiger charge is 2.39. The average molecular weight is 291 g/mol. The first-order valence-electron chi connectivity index (χ1n) is 8.34. The lowest BCUT2D eigenvalue weighted by Crippen LogP contribution is -2.58. The first-order chi connectivity index (χ1) is 10.1. The van der Waals surface area contributed by atoms with Crippen molar-refractivity contribution >= 4 is 0 Å². The van der Waals surface area contributed by atoms with Crippen LogP contribution in [0.2, 0.25) is 0 Å². The minimum absolute atomic E-state index is 0.171. The van der Waals surface area contributed by atoms with Crippen LogP contribution in [0.4, 0.5) is 0 Å². The van der Waals surface area contributed by atoms with E-state index in [4.69, 9.17) is 5.73 Å². The number of hydrogen-bond acceptors (Lipinski definition) is 4. The molecule has 4 atom stereocenters. The third-order valence-corrected chi connectivity index (χ3v) is 5.29. The minimum Gasteiger partial charge on any atom is -0.326 e. The second kappa shape index (κ2) is 6.07. The zero-order valence-electron chi connectivity index (χ0n) is 13.6. The third-order valence-electron chi connectivity index (χ3n) is 5.29. The van der Waals surface area contributed by atoms with Crippen LogP contribution in [0.5, 0.6) is 0 Å². The van der Waals surface area contributed by atoms with Gasteiger partial charge in [-0.05, 0) is 32.7 Å². The fourth-order valence-corrected chi connectivity index (χ4v) is 4.10. The van der Waals surface area contributed by atoms with E-state index in [1.165, 1.54) is 31.5 Å². The molecule has 118 valence electrons. The Kier molecular flexibility index (Phi) is 4.33. The molecule has 0 bridgehead atoms. The molecule has 5 nitrogen and oxygen atoms in total. The highest BCUT2D eigenvalue weighted by molar-refractivity contribution is 5.15. The molecule has 0 spiro atoms. The minimum atomic E-state index is 0.171. The molecule has 1 aromatic heterocycles. The van der Waals surface area contributed by atoms with E-state index in [0.717, 1.165) is 19.0 Å². The van der Waals surface area contributed by atoms with E-state index in [9.17, 15) is 0 Å². The van der Waals surface area contributed by atoms with Crippen molar-refractivity contribution in [2.45, 2.75) is 57.3 Å². The molecule has 3 heterocycles. The first-order valence-corrected chi connectivity index (χ1v) is 8.34. The standard InChI is InChI=1S/C16H29N5/c1-4-15(17)16(13-8-18-19(3)10-13)21-11-14-6-5-7-20(14)9-12(21)2/h8,10,12,14-16H,4-7,9,11,17H2,1-3H3. The van der Waals surface area contributed by atoms with Crippen molar-refractivity contribution in [2.24, 2.45) is 12.8 Å². The highest BCUT2D eigenvalue weighted by atomic mass is 15.3. The van der Waals surface area contributed by atoms with Crippen LogP contribution in [0, 0.1) is 0 Å². The molecular weight excluding hydrogens is 262 g/mol. The quantitative estimate of drug-likeness (QED) is 0.910. The van der Waals surface area contributed by atoms with E-state index in [2.05, 4.69) is 34.9 Å². The highest BCUT2D eigenvalue weighted by Crippen LogP contribution is 2.33. The zero-order chi connectivity index (χ0) is 15.0. The molecule has 0 amide bonds. The average Bonchev–Trinajstić information content (AvgIpc) is 3.08. The SMILES string of the molecule is CCC(N)C(c1cnn(C)c1)N1CC2CCCN2CC1C. The van der Waals surface area contributed by atoms with Gasteiger partial charge in [0.15, 0.2) is 0 Å². The number of piperazine rings is 1. The molecule has 2 saturated heterocycles. The lowest BCUT2D eigenvalue weighted by molar-refractivity contribution is 0.0183. The number of rotatable bonds is 4. The maximum atomic E-state index is 6.50. The Bertz CT molecular complexity index is 471. The van der Waals surface area contributed by atoms with E-state index >= 15 is 0 Å². The summed E-state index contributed by atoms with van der Waals surface area (Å²) < 4.78 is 1.89. The molecule has 2 N–H and O–H groups in total. The third kappa shape index (κ3) is 2.87. The van der Waals surface area contributed by atoms with Crippen LogP contribution < -0.4 is 5.73 Å². The van der Waals surface area contributed by atoms with Crippen LogP contribution >= 0.6 is 0 Å². The Morgan fingerprint density at radius 1 is 1.43 bits per heavy atom. The van der Waals surface area contributed by atoms with Gasteiger partial charge in [-0.3, -0.25) is 14.5 Å². The molecule has 0 saturated carbocycles. The monoisotopic (exact) mass is 291 g/mol. The Balaban J connectivity index is 1.85. The molecule has 0 aromatic carbocycles. The summed E-state index contributed by atoms with van der Waals surface area (Å²) in [5.41, 5.74) is 7.77. The summed E-state index contributed by atoms with van der Waals surface area (Å²) in [5, 5.41) is 4.36. The van der Waals surface area contributed by atoms with Gasteiger partial charge < -0.3 is 5.73 Å². The molecule has 0 aliphatic carbocycles. The summed E-state index contributed by atoms with van der Waals surface area (Å²) in [5.74, 6) is 0. The summed E-state index contributed by atoms with van der Waals surface area (Å²) in [7, 11) is 1.98. The summed E-state index contributed by atoms with van der Waals surface area (Å²) in [6.45, 7) is 8.14. The van der Waals surface area contributed by atoms with Gasteiger partial charge in [0.1, 0.15) is 0 Å². The van der Waals surface area contributed by atoms with Gasteiger partial charge >= 0.3 is 0 Å². The van der Waals surface area contributed by atoms with E-state index in [1.807, 2.05) is 17.9 Å². The van der Waals surface area contributed by atoms with Gasteiger partial charge in [-0.2, -0.15) is 5.10 Å². The molecule has 5 heteroatoms. The van der Waals surface area contributed by atoms with Crippen molar-refractivity contribution in [3.63, 3.8) is 0 Å². The number of aryl methyl sites for hydroxylation is 1. The normalized spacial score (nSPS) is 30.3. The largest absolute Gasteiger partial charge is 0.326 e. The molecule has 3 rings (SSSR count). The van der Waals surface area contributed by atoms with Crippen molar-refractivity contribution in [3.05, 3.63) is 18.0 Å². The lowest BCUT2D eigenvalue weighted by Gasteiger charge is -2.47. The van der Waals surface area contributed by atoms with Crippen LogP contribution in [-0.2, 0) is 7.05 Å². The summed E-state index contributed by atoms with van der Waals surface area (Å²) in [4.78, 5) is 5.30. The van der Waals surface area contributed by atoms with E-state index in [0.29, 0.717) is 12.1 Å². The lowest BCUT2D eigenvalue weighted by atomic mass is 9.95. The van der Waals surface area contributed by atoms with Crippen molar-refractivity contribution in [1.29, 1.82) is 0 Å². The van der Waals surface area contributed by atoms with Gasteiger partial charge in [0, 0.05) is 50.0 Å². The Labute approximate surface area is 128 Å². The molecule has 1 aromatic rings. The molecular formula is C16H29N5. The van der Waals surface area contributed by atoms with Crippen LogP contribution in [0.1, 0.15) is 44.7 Å². The molecule has 0 radical (unpaired) electrons. The maximum absolute atomic E-state index is 6.50. The molecule has 21 heavy (non-hydrogen) atoms. The molecule has 2 aliphatic heterocycles. The number of hydrogen-bond donors (Lipinski definition) is 1. The predicted octanol–water partition coefficient (Wildman–Crippen LogP) is 1.37.